The third-order valence-corrected chi connectivity index (χ3v) is 0.937. The summed E-state index contributed by atoms with van der Waals surface area (Å²) in [5.74, 6) is -3.12. The Morgan fingerprint density at radius 3 is 1.46 bits per heavy atom. The molecule has 1 N–H and O–H groups in total. The zero-order valence-electron chi connectivity index (χ0n) is 5.70. The molecule has 0 saturated heterocycles. The van der Waals surface area contributed by atoms with Gasteiger partial charge in [0.2, 0.25) is 0 Å². The van der Waals surface area contributed by atoms with Gasteiger partial charge in [0.25, 0.3) is 5.78 Å². The van der Waals surface area contributed by atoms with Crippen LogP contribution in [-0.4, -0.2) is 23.2 Å². The first-order valence-corrected chi connectivity index (χ1v) is 2.63. The average Bonchev–Trinajstić information content (AvgIpc) is 1.83. The minimum Gasteiger partial charge on any atom is -0.515 e. The molecular formula is C5H2F6O2. The summed E-state index contributed by atoms with van der Waals surface area (Å²) in [6.45, 7) is 0. The summed E-state index contributed by atoms with van der Waals surface area (Å²) in [7, 11) is 0. The van der Waals surface area contributed by atoms with E-state index in [-0.39, 0.29) is 0 Å². The zero-order chi connectivity index (χ0) is 10.9. The van der Waals surface area contributed by atoms with Crippen molar-refractivity contribution in [3.63, 3.8) is 0 Å². The number of hydrogen-bond acceptors (Lipinski definition) is 2. The van der Waals surface area contributed by atoms with Gasteiger partial charge in [-0.2, -0.15) is 26.3 Å². The number of ketones is 1. The molecule has 2 nitrogen and oxygen atoms in total. The number of halogens is 6. The van der Waals surface area contributed by atoms with Crippen LogP contribution in [0.5, 0.6) is 0 Å². The van der Waals surface area contributed by atoms with Gasteiger partial charge in [0.15, 0.2) is 0 Å². The highest BCUT2D eigenvalue weighted by Gasteiger charge is 2.50. The van der Waals surface area contributed by atoms with Crippen LogP contribution < -0.4 is 0 Å². The van der Waals surface area contributed by atoms with Gasteiger partial charge in [0.05, 0.1) is 6.26 Å². The number of aliphatic hydroxyl groups excluding tert-OH is 1. The number of aliphatic hydroxyl groups is 1. The molecule has 13 heavy (non-hydrogen) atoms. The van der Waals surface area contributed by atoms with Crippen LogP contribution in [0.2, 0.25) is 0 Å². The van der Waals surface area contributed by atoms with Gasteiger partial charge in [-0.1, -0.05) is 0 Å². The largest absolute Gasteiger partial charge is 0.515 e. The molecule has 0 aliphatic heterocycles. The molecule has 0 atom stereocenters. The molecule has 0 saturated carbocycles. The van der Waals surface area contributed by atoms with E-state index in [2.05, 4.69) is 0 Å². The molecule has 0 fully saturated rings. The van der Waals surface area contributed by atoms with E-state index < -0.39 is 30.0 Å². The third-order valence-electron chi connectivity index (χ3n) is 0.937. The van der Waals surface area contributed by atoms with Gasteiger partial charge in [-0.25, -0.2) is 0 Å². The molecule has 0 unspecified atom stereocenters. The monoisotopic (exact) mass is 208 g/mol. The number of Topliss-reactive ketones (excluding diaryl/α,β-unsaturated/α-hetero) is 1. The maximum Gasteiger partial charge on any atom is 0.455 e. The highest BCUT2D eigenvalue weighted by Crippen LogP contribution is 2.31. The summed E-state index contributed by atoms with van der Waals surface area (Å²) in [5, 5.41) is 7.79. The molecule has 0 aliphatic carbocycles. The van der Waals surface area contributed by atoms with Crippen LogP contribution >= 0.6 is 0 Å². The maximum absolute atomic E-state index is 11.6. The number of carbonyl (C=O) groups excluding carboxylic acids is 1. The van der Waals surface area contributed by atoms with Crippen LogP contribution in [0.4, 0.5) is 26.3 Å². The minimum atomic E-state index is -5.65. The summed E-state index contributed by atoms with van der Waals surface area (Å²) >= 11 is 0. The summed E-state index contributed by atoms with van der Waals surface area (Å²) in [5.41, 5.74) is -2.64. The predicted molar refractivity (Wildman–Crippen MR) is 27.8 cm³/mol. The van der Waals surface area contributed by atoms with Crippen molar-refractivity contribution >= 4 is 5.78 Å². The lowest BCUT2D eigenvalue weighted by Crippen LogP contribution is -2.31. The molecule has 0 aromatic rings. The highest BCUT2D eigenvalue weighted by atomic mass is 19.4. The average molecular weight is 208 g/mol. The van der Waals surface area contributed by atoms with E-state index in [0.29, 0.717) is 0 Å². The van der Waals surface area contributed by atoms with Crippen molar-refractivity contribution in [2.75, 3.05) is 0 Å². The lowest BCUT2D eigenvalue weighted by molar-refractivity contribution is -0.175. The molecule has 0 rings (SSSR count). The van der Waals surface area contributed by atoms with Crippen molar-refractivity contribution in [2.24, 2.45) is 0 Å². The van der Waals surface area contributed by atoms with Crippen LogP contribution in [0.25, 0.3) is 0 Å². The number of rotatable bonds is 1. The first kappa shape index (κ1) is 11.8. The second-order valence-corrected chi connectivity index (χ2v) is 1.87. The third kappa shape index (κ3) is 2.96. The molecule has 76 valence electrons. The second kappa shape index (κ2) is 3.27. The van der Waals surface area contributed by atoms with Gasteiger partial charge < -0.3 is 5.11 Å². The summed E-state index contributed by atoms with van der Waals surface area (Å²) < 4.78 is 68.9. The molecule has 0 aromatic heterocycles. The summed E-state index contributed by atoms with van der Waals surface area (Å²) in [4.78, 5) is 9.97. The molecule has 0 heterocycles. The molecule has 0 aromatic carbocycles. The van der Waals surface area contributed by atoms with Crippen molar-refractivity contribution in [1.29, 1.82) is 0 Å². The topological polar surface area (TPSA) is 37.3 Å². The number of hydrogen-bond donors (Lipinski definition) is 1. The van der Waals surface area contributed by atoms with Crippen molar-refractivity contribution < 1.29 is 36.2 Å². The van der Waals surface area contributed by atoms with Crippen LogP contribution in [-0.2, 0) is 4.79 Å². The van der Waals surface area contributed by atoms with Crippen LogP contribution in [0.1, 0.15) is 0 Å². The van der Waals surface area contributed by atoms with Gasteiger partial charge in [0, 0.05) is 0 Å². The summed E-state index contributed by atoms with van der Waals surface area (Å²) in [6, 6.07) is 0. The Balaban J connectivity index is 4.97. The molecule has 8 heteroatoms. The van der Waals surface area contributed by atoms with Crippen molar-refractivity contribution in [1.82, 2.24) is 0 Å². The van der Waals surface area contributed by atoms with Gasteiger partial charge in [-0.15, -0.1) is 0 Å². The second-order valence-electron chi connectivity index (χ2n) is 1.87. The van der Waals surface area contributed by atoms with Gasteiger partial charge >= 0.3 is 12.4 Å². The molecular weight excluding hydrogens is 206 g/mol. The zero-order valence-corrected chi connectivity index (χ0v) is 5.70. The molecule has 0 aliphatic rings. The van der Waals surface area contributed by atoms with E-state index in [9.17, 15) is 31.1 Å². The lowest BCUT2D eigenvalue weighted by atomic mass is 10.2. The van der Waals surface area contributed by atoms with Crippen LogP contribution in [0.3, 0.4) is 0 Å². The Kier molecular flexibility index (Phi) is 2.96. The Labute approximate surface area is 67.5 Å². The Morgan fingerprint density at radius 1 is 1.00 bits per heavy atom. The van der Waals surface area contributed by atoms with Crippen molar-refractivity contribution in [2.45, 2.75) is 12.4 Å². The lowest BCUT2D eigenvalue weighted by Gasteiger charge is -2.10. The van der Waals surface area contributed by atoms with E-state index in [0.717, 1.165) is 0 Å². The molecule has 0 bridgehead atoms. The standard InChI is InChI=1S/C5H2F6O2/c6-4(7,8)2(1-12)3(13)5(9,10)11/h1,12H. The van der Waals surface area contributed by atoms with Gasteiger partial charge in [-0.05, 0) is 0 Å². The first-order valence-electron chi connectivity index (χ1n) is 2.63. The molecule has 0 radical (unpaired) electrons. The highest BCUT2D eigenvalue weighted by molar-refractivity contribution is 6.00. The molecule has 0 amide bonds. The van der Waals surface area contributed by atoms with Crippen LogP contribution in [0, 0.1) is 0 Å². The maximum atomic E-state index is 11.6. The van der Waals surface area contributed by atoms with E-state index in [4.69, 9.17) is 5.11 Å². The smallest absolute Gasteiger partial charge is 0.455 e. The molecule has 0 spiro atoms. The summed E-state index contributed by atoms with van der Waals surface area (Å²) in [6.07, 6.45) is -12.1. The van der Waals surface area contributed by atoms with E-state index in [1.807, 2.05) is 0 Å². The first-order chi connectivity index (χ1) is 5.60. The van der Waals surface area contributed by atoms with E-state index in [1.54, 1.807) is 0 Å². The predicted octanol–water partition coefficient (Wildman–Crippen LogP) is 2.12. The quantitative estimate of drug-likeness (QED) is 0.407. The van der Waals surface area contributed by atoms with Gasteiger partial charge in [0.1, 0.15) is 5.57 Å². The van der Waals surface area contributed by atoms with Crippen molar-refractivity contribution in [3.05, 3.63) is 11.8 Å². The number of alkyl halides is 6. The number of allylic oxidation sites excluding steroid dienone is 1. The van der Waals surface area contributed by atoms with Crippen LogP contribution in [0.15, 0.2) is 11.8 Å². The van der Waals surface area contributed by atoms with Crippen molar-refractivity contribution in [3.8, 4) is 0 Å². The fraction of sp³-hybridized carbons (Fsp3) is 0.400. The minimum absolute atomic E-state index is 0.907. The number of carbonyl (C=O) groups is 1. The Morgan fingerprint density at radius 2 is 1.38 bits per heavy atom. The van der Waals surface area contributed by atoms with Gasteiger partial charge in [-0.3, -0.25) is 4.79 Å². The SMILES string of the molecule is O=C(C(=CO)C(F)(F)F)C(F)(F)F. The Hall–Kier alpha value is -1.21. The normalized spacial score (nSPS) is 14.5. The Bertz CT molecular complexity index is 234. The van der Waals surface area contributed by atoms with E-state index >= 15 is 0 Å². The fourth-order valence-electron chi connectivity index (χ4n) is 0.413. The fourth-order valence-corrected chi connectivity index (χ4v) is 0.413. The van der Waals surface area contributed by atoms with E-state index in [1.165, 1.54) is 0 Å².